The molecule has 314 valence electrons. The Morgan fingerprint density at radius 3 is 1.69 bits per heavy atom. The molecule has 13 nitrogen and oxygen atoms in total. The number of sulfonamides is 2. The Labute approximate surface area is 373 Å². The van der Waals surface area contributed by atoms with Crippen molar-refractivity contribution in [3.63, 3.8) is 0 Å². The summed E-state index contributed by atoms with van der Waals surface area (Å²) in [5.74, 6) is -1.32. The molecule has 15 heteroatoms. The molecular weight excluding hydrogens is 843 g/mol. The number of para-hydroxylation sites is 2. The third-order valence-electron chi connectivity index (χ3n) is 9.42. The second-order valence-electron chi connectivity index (χ2n) is 14.0. The van der Waals surface area contributed by atoms with Gasteiger partial charge in [0.25, 0.3) is 5.70 Å². The van der Waals surface area contributed by atoms with Gasteiger partial charge in [0.2, 0.25) is 20.0 Å². The first-order valence-corrected chi connectivity index (χ1v) is 22.9. The largest absolute Gasteiger partial charge is 0.310 e. The van der Waals surface area contributed by atoms with E-state index in [1.807, 2.05) is 91.0 Å². The zero-order valence-electron chi connectivity index (χ0n) is 34.4. The van der Waals surface area contributed by atoms with Crippen molar-refractivity contribution < 1.29 is 16.8 Å². The molecule has 0 saturated heterocycles. The molecule has 2 N–H and O–H groups in total. The molecule has 4 aromatic rings. The minimum Gasteiger partial charge on any atom is -0.310 e. The molecule has 1 aliphatic rings. The van der Waals surface area contributed by atoms with Crippen LogP contribution in [0.5, 0.6) is 0 Å². The highest BCUT2D eigenvalue weighted by atomic mass is 32.2. The fraction of sp³-hybridized carbons (Fsp3) is 0.102. The van der Waals surface area contributed by atoms with Gasteiger partial charge in [-0.15, -0.1) is 0 Å². The number of allylic oxidation sites excluding steroid dienone is 13. The smallest absolute Gasteiger partial charge is 0.270 e. The SMILES string of the molecule is [C-]#[N+]/C(C#N)=C(/C(C#N)=C/C=C/C1=C(N(c2ccccc2)c2ccccc2)C(=C/C=C/C(C#N)=C(\c2ccc(NS(C)(=O)=O)cc2)C(C#N)C#N)/CC1)c1ccc(NS(C)(=O)=O)cc1. The van der Waals surface area contributed by atoms with Crippen LogP contribution in [0.3, 0.4) is 0 Å². The van der Waals surface area contributed by atoms with E-state index in [0.717, 1.165) is 40.7 Å². The normalized spacial score (nSPS) is 14.4. The summed E-state index contributed by atoms with van der Waals surface area (Å²) in [5.41, 5.74) is 5.47. The van der Waals surface area contributed by atoms with E-state index in [0.29, 0.717) is 24.0 Å². The Morgan fingerprint density at radius 1 is 0.703 bits per heavy atom. The zero-order valence-corrected chi connectivity index (χ0v) is 36.1. The summed E-state index contributed by atoms with van der Waals surface area (Å²) in [7, 11) is -7.13. The molecule has 0 atom stereocenters. The molecule has 0 fully saturated rings. The lowest BCUT2D eigenvalue weighted by molar-refractivity contribution is 0.605. The van der Waals surface area contributed by atoms with Gasteiger partial charge in [0.05, 0.1) is 66.3 Å². The average molecular weight is 880 g/mol. The van der Waals surface area contributed by atoms with E-state index in [1.54, 1.807) is 12.2 Å². The van der Waals surface area contributed by atoms with Gasteiger partial charge in [-0.25, -0.2) is 26.9 Å². The van der Waals surface area contributed by atoms with E-state index in [-0.39, 0.29) is 39.4 Å². The summed E-state index contributed by atoms with van der Waals surface area (Å²) < 4.78 is 51.8. The Bertz CT molecular complexity index is 3070. The maximum Gasteiger partial charge on any atom is 0.270 e. The second kappa shape index (κ2) is 21.2. The Balaban J connectivity index is 1.66. The molecule has 0 aromatic heterocycles. The van der Waals surface area contributed by atoms with Gasteiger partial charge in [-0.2, -0.15) is 21.0 Å². The van der Waals surface area contributed by atoms with Gasteiger partial charge in [-0.1, -0.05) is 85.0 Å². The molecule has 0 saturated carbocycles. The van der Waals surface area contributed by atoms with Gasteiger partial charge in [0.1, 0.15) is 0 Å². The summed E-state index contributed by atoms with van der Waals surface area (Å²) in [5, 5.41) is 50.4. The number of nitrogens with one attached hydrogen (secondary N) is 2. The maximum absolute atomic E-state index is 11.8. The fourth-order valence-electron chi connectivity index (χ4n) is 6.81. The number of benzene rings is 4. The lowest BCUT2D eigenvalue weighted by Crippen LogP contribution is -2.17. The van der Waals surface area contributed by atoms with Crippen LogP contribution in [-0.2, 0) is 20.0 Å². The van der Waals surface area contributed by atoms with Crippen LogP contribution in [-0.4, -0.2) is 29.3 Å². The average Bonchev–Trinajstić information content (AvgIpc) is 3.67. The third-order valence-corrected chi connectivity index (χ3v) is 10.6. The van der Waals surface area contributed by atoms with Crippen molar-refractivity contribution in [1.82, 2.24) is 0 Å². The first-order chi connectivity index (χ1) is 30.7. The molecule has 0 amide bonds. The van der Waals surface area contributed by atoms with Crippen molar-refractivity contribution in [3.8, 4) is 30.3 Å². The van der Waals surface area contributed by atoms with Crippen LogP contribution in [0.1, 0.15) is 24.0 Å². The van der Waals surface area contributed by atoms with Crippen LogP contribution >= 0.6 is 0 Å². The summed E-state index contributed by atoms with van der Waals surface area (Å²) in [6.07, 6.45) is 13.2. The first kappa shape index (κ1) is 46.4. The molecular formula is C49H37N9O4S2. The number of hydrogen-bond acceptors (Lipinski definition) is 10. The van der Waals surface area contributed by atoms with Crippen LogP contribution in [0, 0.1) is 69.1 Å². The molecule has 0 aliphatic heterocycles. The lowest BCUT2D eigenvalue weighted by atomic mass is 9.90. The topological polar surface area (TPSA) is 219 Å². The zero-order chi connectivity index (χ0) is 46.3. The van der Waals surface area contributed by atoms with Gasteiger partial charge in [0.15, 0.2) is 5.92 Å². The predicted octanol–water partition coefficient (Wildman–Crippen LogP) is 9.60. The van der Waals surface area contributed by atoms with Gasteiger partial charge >= 0.3 is 0 Å². The van der Waals surface area contributed by atoms with Crippen molar-refractivity contribution in [2.45, 2.75) is 12.8 Å². The van der Waals surface area contributed by atoms with E-state index in [1.165, 1.54) is 60.7 Å². The molecule has 0 spiro atoms. The monoisotopic (exact) mass is 879 g/mol. The highest BCUT2D eigenvalue weighted by Crippen LogP contribution is 2.42. The number of nitriles is 5. The molecule has 1 aliphatic carbocycles. The van der Waals surface area contributed by atoms with Crippen LogP contribution in [0.4, 0.5) is 22.7 Å². The minimum absolute atomic E-state index is 0.0235. The minimum atomic E-state index is -3.57. The summed E-state index contributed by atoms with van der Waals surface area (Å²) in [6.45, 7) is 7.68. The highest BCUT2D eigenvalue weighted by molar-refractivity contribution is 7.92. The van der Waals surface area contributed by atoms with E-state index in [4.69, 9.17) is 6.57 Å². The van der Waals surface area contributed by atoms with Gasteiger partial charge in [-0.05, 0) is 95.8 Å². The van der Waals surface area contributed by atoms with Gasteiger partial charge in [-0.3, -0.25) is 9.44 Å². The molecule has 0 bridgehead atoms. The van der Waals surface area contributed by atoms with Crippen molar-refractivity contribution in [1.29, 1.82) is 26.3 Å². The van der Waals surface area contributed by atoms with Crippen LogP contribution in [0.25, 0.3) is 16.0 Å². The number of rotatable bonds is 15. The Hall–Kier alpha value is -8.70. The fourth-order valence-corrected chi connectivity index (χ4v) is 7.94. The summed E-state index contributed by atoms with van der Waals surface area (Å²) in [6, 6.07) is 41.4. The van der Waals surface area contributed by atoms with Gasteiger partial charge in [0, 0.05) is 33.9 Å². The molecule has 4 aromatic carbocycles. The van der Waals surface area contributed by atoms with Crippen molar-refractivity contribution in [3.05, 3.63) is 202 Å². The highest BCUT2D eigenvalue weighted by Gasteiger charge is 2.26. The van der Waals surface area contributed by atoms with Crippen LogP contribution < -0.4 is 14.3 Å². The molecule has 64 heavy (non-hydrogen) atoms. The third kappa shape index (κ3) is 12.0. The quantitative estimate of drug-likeness (QED) is 0.0654. The molecule has 0 heterocycles. The van der Waals surface area contributed by atoms with E-state index >= 15 is 0 Å². The van der Waals surface area contributed by atoms with Crippen LogP contribution in [0.2, 0.25) is 0 Å². The number of anilines is 4. The molecule has 5 rings (SSSR count). The standard InChI is InChI=1S/C49H37N9O4S2/c1-55-46(34-54)48(36-24-28-43(29-25-36)57-64(3,61)62)40(31-51)15-11-13-38-21-20-37(49(38)58(44-16-6-4-7-17-44)45-18-8-5-9-19-45)12-10-14-39(30-50)47(41(32-52)33-53)35-22-26-42(27-23-35)56-63(2,59)60/h4-19,22-29,41,56-57H,20-21H2,2-3H3/b13-11+,14-10+,37-12+,40-15+,47-39-,48-46+. The van der Waals surface area contributed by atoms with Crippen molar-refractivity contribution >= 4 is 53.9 Å². The number of nitrogens with zero attached hydrogens (tertiary/aromatic N) is 7. The summed E-state index contributed by atoms with van der Waals surface area (Å²) in [4.78, 5) is 5.46. The van der Waals surface area contributed by atoms with E-state index in [2.05, 4.69) is 31.3 Å². The van der Waals surface area contributed by atoms with Crippen molar-refractivity contribution in [2.24, 2.45) is 5.92 Å². The maximum atomic E-state index is 11.8. The first-order valence-electron chi connectivity index (χ1n) is 19.2. The van der Waals surface area contributed by atoms with E-state index < -0.39 is 26.0 Å². The number of hydrogen-bond donors (Lipinski definition) is 2. The Morgan fingerprint density at radius 2 is 1.23 bits per heavy atom. The van der Waals surface area contributed by atoms with Crippen LogP contribution in [0.15, 0.2) is 179 Å². The summed E-state index contributed by atoms with van der Waals surface area (Å²) >= 11 is 0. The van der Waals surface area contributed by atoms with Crippen molar-refractivity contribution in [2.75, 3.05) is 26.9 Å². The molecule has 0 unspecified atom stereocenters. The predicted molar refractivity (Wildman–Crippen MR) is 248 cm³/mol. The van der Waals surface area contributed by atoms with E-state index in [9.17, 15) is 43.1 Å². The Kier molecular flexibility index (Phi) is 15.4. The van der Waals surface area contributed by atoms with Gasteiger partial charge < -0.3 is 4.90 Å². The second-order valence-corrected chi connectivity index (χ2v) is 17.5. The molecule has 0 radical (unpaired) electrons. The lowest BCUT2D eigenvalue weighted by Gasteiger charge is -2.28.